The molecule has 1 saturated heterocycles. The Kier molecular flexibility index (Phi) is 4.10. The number of hydrogen-bond acceptors (Lipinski definition) is 6. The van der Waals surface area contributed by atoms with Crippen LogP contribution in [0.25, 0.3) is 0 Å². The van der Waals surface area contributed by atoms with E-state index in [0.29, 0.717) is 32.1 Å². The van der Waals surface area contributed by atoms with Gasteiger partial charge < -0.3 is 10.6 Å². The van der Waals surface area contributed by atoms with Gasteiger partial charge in [-0.3, -0.25) is 0 Å². The van der Waals surface area contributed by atoms with E-state index in [2.05, 4.69) is 9.97 Å². The lowest BCUT2D eigenvalue weighted by Gasteiger charge is -2.33. The van der Waals surface area contributed by atoms with E-state index in [4.69, 9.17) is 5.73 Å². The Bertz CT molecular complexity index is 470. The second-order valence-electron chi connectivity index (χ2n) is 4.04. The Hall–Kier alpha value is -1.25. The van der Waals surface area contributed by atoms with Crippen LogP contribution in [0, 0.1) is 0 Å². The van der Waals surface area contributed by atoms with Gasteiger partial charge in [0.25, 0.3) is 0 Å². The fourth-order valence-electron chi connectivity index (χ4n) is 1.90. The van der Waals surface area contributed by atoms with Crippen molar-refractivity contribution in [3.05, 3.63) is 18.5 Å². The van der Waals surface area contributed by atoms with Crippen molar-refractivity contribution in [2.75, 3.05) is 43.4 Å². The highest BCUT2D eigenvalue weighted by atomic mass is 32.2. The summed E-state index contributed by atoms with van der Waals surface area (Å²) in [5.41, 5.74) is 5.30. The molecule has 2 heterocycles. The SMILES string of the molecule is NCCS(=O)(=O)N1CCN(c2ncccn2)CC1. The quantitative estimate of drug-likeness (QED) is 0.746. The van der Waals surface area contributed by atoms with E-state index in [1.54, 1.807) is 18.5 Å². The molecular formula is C10H17N5O2S. The Morgan fingerprint density at radius 2 is 1.78 bits per heavy atom. The van der Waals surface area contributed by atoms with Gasteiger partial charge in [-0.05, 0) is 6.07 Å². The van der Waals surface area contributed by atoms with Crippen molar-refractivity contribution in [1.82, 2.24) is 14.3 Å². The van der Waals surface area contributed by atoms with Gasteiger partial charge in [-0.1, -0.05) is 0 Å². The lowest BCUT2D eigenvalue weighted by Crippen LogP contribution is -2.50. The van der Waals surface area contributed by atoms with Crippen LogP contribution in [0.1, 0.15) is 0 Å². The smallest absolute Gasteiger partial charge is 0.225 e. The van der Waals surface area contributed by atoms with Crippen LogP contribution < -0.4 is 10.6 Å². The number of nitrogens with two attached hydrogens (primary N) is 1. The zero-order valence-electron chi connectivity index (χ0n) is 10.1. The first kappa shape index (κ1) is 13.2. The second kappa shape index (κ2) is 5.59. The summed E-state index contributed by atoms with van der Waals surface area (Å²) in [6.45, 7) is 2.28. The lowest BCUT2D eigenvalue weighted by atomic mass is 10.4. The van der Waals surface area contributed by atoms with E-state index in [9.17, 15) is 8.42 Å². The van der Waals surface area contributed by atoms with Crippen molar-refractivity contribution in [3.63, 3.8) is 0 Å². The number of nitrogens with zero attached hydrogens (tertiary/aromatic N) is 4. The van der Waals surface area contributed by atoms with Gasteiger partial charge in [0.2, 0.25) is 16.0 Å². The van der Waals surface area contributed by atoms with Crippen molar-refractivity contribution in [3.8, 4) is 0 Å². The minimum absolute atomic E-state index is 0.00877. The molecule has 0 radical (unpaired) electrons. The Balaban J connectivity index is 1.97. The lowest BCUT2D eigenvalue weighted by molar-refractivity contribution is 0.383. The third kappa shape index (κ3) is 2.95. The van der Waals surface area contributed by atoms with Crippen LogP contribution in [0.2, 0.25) is 0 Å². The Morgan fingerprint density at radius 3 is 2.33 bits per heavy atom. The molecule has 2 rings (SSSR count). The predicted octanol–water partition coefficient (Wildman–Crippen LogP) is -1.11. The molecule has 0 unspecified atom stereocenters. The summed E-state index contributed by atoms with van der Waals surface area (Å²) < 4.78 is 25.1. The van der Waals surface area contributed by atoms with Crippen LogP contribution in [0.5, 0.6) is 0 Å². The normalized spacial score (nSPS) is 17.9. The zero-order valence-corrected chi connectivity index (χ0v) is 10.9. The van der Waals surface area contributed by atoms with E-state index < -0.39 is 10.0 Å². The van der Waals surface area contributed by atoms with Gasteiger partial charge in [-0.2, -0.15) is 4.31 Å². The molecule has 0 atom stereocenters. The molecule has 0 aliphatic carbocycles. The molecule has 1 aliphatic rings. The summed E-state index contributed by atoms with van der Waals surface area (Å²) in [5, 5.41) is 0. The van der Waals surface area contributed by atoms with E-state index in [1.807, 2.05) is 4.90 Å². The first-order valence-corrected chi connectivity index (χ1v) is 7.44. The van der Waals surface area contributed by atoms with Gasteiger partial charge in [-0.15, -0.1) is 0 Å². The summed E-state index contributed by atoms with van der Waals surface area (Å²) in [6, 6.07) is 1.76. The molecule has 7 nitrogen and oxygen atoms in total. The first-order valence-electron chi connectivity index (χ1n) is 5.83. The topological polar surface area (TPSA) is 92.4 Å². The standard InChI is InChI=1S/C10H17N5O2S/c11-2-9-18(16,17)15-7-5-14(6-8-15)10-12-3-1-4-13-10/h1,3-4H,2,5-9,11H2. The van der Waals surface area contributed by atoms with Crippen LogP contribution in [0.15, 0.2) is 18.5 Å². The summed E-state index contributed by atoms with van der Waals surface area (Å²) in [7, 11) is -3.20. The minimum atomic E-state index is -3.20. The van der Waals surface area contributed by atoms with Gasteiger partial charge in [0, 0.05) is 45.1 Å². The third-order valence-corrected chi connectivity index (χ3v) is 4.75. The van der Waals surface area contributed by atoms with Crippen molar-refractivity contribution in [2.45, 2.75) is 0 Å². The molecule has 0 bridgehead atoms. The van der Waals surface area contributed by atoms with Gasteiger partial charge in [0.05, 0.1) is 5.75 Å². The first-order chi connectivity index (χ1) is 8.63. The van der Waals surface area contributed by atoms with Crippen molar-refractivity contribution in [1.29, 1.82) is 0 Å². The summed E-state index contributed by atoms with van der Waals surface area (Å²) >= 11 is 0. The van der Waals surface area contributed by atoms with E-state index in [-0.39, 0.29) is 12.3 Å². The Labute approximate surface area is 107 Å². The number of piperazine rings is 1. The minimum Gasteiger partial charge on any atom is -0.338 e. The molecule has 1 aromatic heterocycles. The Morgan fingerprint density at radius 1 is 1.17 bits per heavy atom. The molecule has 1 aromatic rings. The number of rotatable bonds is 4. The molecule has 1 aliphatic heterocycles. The maximum Gasteiger partial charge on any atom is 0.225 e. The van der Waals surface area contributed by atoms with Crippen LogP contribution in [0.4, 0.5) is 5.95 Å². The largest absolute Gasteiger partial charge is 0.338 e. The number of hydrogen-bond donors (Lipinski definition) is 1. The molecule has 0 saturated carbocycles. The van der Waals surface area contributed by atoms with Crippen molar-refractivity contribution < 1.29 is 8.42 Å². The maximum absolute atomic E-state index is 11.8. The second-order valence-corrected chi connectivity index (χ2v) is 6.13. The van der Waals surface area contributed by atoms with E-state index >= 15 is 0 Å². The number of anilines is 1. The van der Waals surface area contributed by atoms with Crippen molar-refractivity contribution >= 4 is 16.0 Å². The molecule has 0 spiro atoms. The molecule has 0 aromatic carbocycles. The van der Waals surface area contributed by atoms with Gasteiger partial charge in [0.1, 0.15) is 0 Å². The fourth-order valence-corrected chi connectivity index (χ4v) is 3.17. The van der Waals surface area contributed by atoms with Crippen LogP contribution >= 0.6 is 0 Å². The predicted molar refractivity (Wildman–Crippen MR) is 68.7 cm³/mol. The highest BCUT2D eigenvalue weighted by molar-refractivity contribution is 7.89. The molecule has 18 heavy (non-hydrogen) atoms. The highest BCUT2D eigenvalue weighted by Gasteiger charge is 2.26. The average molecular weight is 271 g/mol. The molecule has 2 N–H and O–H groups in total. The fraction of sp³-hybridized carbons (Fsp3) is 0.600. The van der Waals surface area contributed by atoms with Gasteiger partial charge in [0.15, 0.2) is 0 Å². The number of sulfonamides is 1. The summed E-state index contributed by atoms with van der Waals surface area (Å²) in [6.07, 6.45) is 3.36. The van der Waals surface area contributed by atoms with Crippen LogP contribution in [-0.2, 0) is 10.0 Å². The monoisotopic (exact) mass is 271 g/mol. The maximum atomic E-state index is 11.8. The third-order valence-electron chi connectivity index (χ3n) is 2.84. The summed E-state index contributed by atoms with van der Waals surface area (Å²) in [4.78, 5) is 10.3. The average Bonchev–Trinajstić information content (AvgIpc) is 2.40. The molecular weight excluding hydrogens is 254 g/mol. The number of aromatic nitrogens is 2. The molecule has 100 valence electrons. The summed E-state index contributed by atoms with van der Waals surface area (Å²) in [5.74, 6) is 0.655. The molecule has 8 heteroatoms. The van der Waals surface area contributed by atoms with Gasteiger partial charge >= 0.3 is 0 Å². The van der Waals surface area contributed by atoms with E-state index in [1.165, 1.54) is 4.31 Å². The van der Waals surface area contributed by atoms with Gasteiger partial charge in [-0.25, -0.2) is 18.4 Å². The highest BCUT2D eigenvalue weighted by Crippen LogP contribution is 2.12. The molecule has 0 amide bonds. The zero-order chi connectivity index (χ0) is 13.0. The van der Waals surface area contributed by atoms with Crippen LogP contribution in [-0.4, -0.2) is 61.2 Å². The van der Waals surface area contributed by atoms with E-state index in [0.717, 1.165) is 0 Å². The van der Waals surface area contributed by atoms with Crippen LogP contribution in [0.3, 0.4) is 0 Å². The molecule has 1 fully saturated rings. The van der Waals surface area contributed by atoms with Crippen molar-refractivity contribution in [2.24, 2.45) is 5.73 Å².